The van der Waals surface area contributed by atoms with Gasteiger partial charge in [0.15, 0.2) is 0 Å². The summed E-state index contributed by atoms with van der Waals surface area (Å²) in [5, 5.41) is 0. The Labute approximate surface area is 160 Å². The average molecular weight is 355 g/mol. The first-order chi connectivity index (χ1) is 11.7. The van der Waals surface area contributed by atoms with E-state index in [1.807, 2.05) is 0 Å². The second-order valence-corrected chi connectivity index (χ2v) is 9.50. The smallest absolute Gasteiger partial charge is 0.0629 e. The molecule has 0 spiro atoms. The van der Waals surface area contributed by atoms with E-state index in [0.717, 1.165) is 0 Å². The number of hydrogen-bond acceptors (Lipinski definition) is 1. The lowest BCUT2D eigenvalue weighted by molar-refractivity contribution is -0.123. The molecule has 25 heavy (non-hydrogen) atoms. The van der Waals surface area contributed by atoms with Gasteiger partial charge < -0.3 is 4.74 Å². The van der Waals surface area contributed by atoms with Gasteiger partial charge >= 0.3 is 0 Å². The van der Waals surface area contributed by atoms with E-state index in [4.69, 9.17) is 4.74 Å². The van der Waals surface area contributed by atoms with Gasteiger partial charge in [-0.15, -0.1) is 0 Å². The second-order valence-electron chi connectivity index (χ2n) is 9.50. The van der Waals surface area contributed by atoms with Gasteiger partial charge in [0.1, 0.15) is 0 Å². The van der Waals surface area contributed by atoms with Crippen molar-refractivity contribution in [1.82, 2.24) is 0 Å². The van der Waals surface area contributed by atoms with Crippen LogP contribution in [0.25, 0.3) is 0 Å². The van der Waals surface area contributed by atoms with Crippen LogP contribution in [0.5, 0.6) is 0 Å². The van der Waals surface area contributed by atoms with Crippen LogP contribution in [0.1, 0.15) is 132 Å². The fourth-order valence-electron chi connectivity index (χ4n) is 3.45. The highest BCUT2D eigenvalue weighted by molar-refractivity contribution is 4.84. The van der Waals surface area contributed by atoms with E-state index >= 15 is 0 Å². The highest BCUT2D eigenvalue weighted by Crippen LogP contribution is 2.38. The Morgan fingerprint density at radius 1 is 0.560 bits per heavy atom. The van der Waals surface area contributed by atoms with Gasteiger partial charge in [0.2, 0.25) is 0 Å². The fourth-order valence-corrected chi connectivity index (χ4v) is 3.45. The summed E-state index contributed by atoms with van der Waals surface area (Å²) >= 11 is 0. The van der Waals surface area contributed by atoms with Crippen LogP contribution in [-0.4, -0.2) is 12.2 Å². The monoisotopic (exact) mass is 354 g/mol. The van der Waals surface area contributed by atoms with Crippen LogP contribution in [0.3, 0.4) is 0 Å². The zero-order valence-electron chi connectivity index (χ0n) is 19.0. The molecule has 0 N–H and O–H groups in total. The zero-order chi connectivity index (χ0) is 19.3. The second kappa shape index (κ2) is 13.2. The largest absolute Gasteiger partial charge is 0.374 e. The third-order valence-corrected chi connectivity index (χ3v) is 6.53. The summed E-state index contributed by atoms with van der Waals surface area (Å²) in [5.41, 5.74) is 0.551. The molecule has 0 radical (unpaired) electrons. The summed E-state index contributed by atoms with van der Waals surface area (Å²) in [7, 11) is 0. The molecule has 0 amide bonds. The van der Waals surface area contributed by atoms with Crippen molar-refractivity contribution in [2.75, 3.05) is 0 Å². The van der Waals surface area contributed by atoms with Crippen LogP contribution >= 0.6 is 0 Å². The summed E-state index contributed by atoms with van der Waals surface area (Å²) in [6, 6.07) is 0. The van der Waals surface area contributed by atoms with Gasteiger partial charge in [-0.1, -0.05) is 107 Å². The van der Waals surface area contributed by atoms with Crippen LogP contribution in [0.15, 0.2) is 0 Å². The van der Waals surface area contributed by atoms with E-state index in [0.29, 0.717) is 12.2 Å². The number of ether oxygens (including phenoxy) is 1. The zero-order valence-corrected chi connectivity index (χ0v) is 19.0. The van der Waals surface area contributed by atoms with E-state index in [9.17, 15) is 0 Å². The van der Waals surface area contributed by atoms with Crippen molar-refractivity contribution in [2.24, 2.45) is 10.8 Å². The minimum Gasteiger partial charge on any atom is -0.374 e. The van der Waals surface area contributed by atoms with Gasteiger partial charge in [0.05, 0.1) is 12.2 Å². The molecule has 1 heteroatoms. The van der Waals surface area contributed by atoms with Crippen molar-refractivity contribution in [1.29, 1.82) is 0 Å². The topological polar surface area (TPSA) is 9.23 Å². The van der Waals surface area contributed by atoms with Crippen LogP contribution in [0, 0.1) is 10.8 Å². The molecule has 0 saturated carbocycles. The van der Waals surface area contributed by atoms with Gasteiger partial charge in [-0.05, 0) is 36.5 Å². The maximum Gasteiger partial charge on any atom is 0.0629 e. The molecule has 152 valence electrons. The highest BCUT2D eigenvalue weighted by atomic mass is 16.5. The fraction of sp³-hybridized carbons (Fsp3) is 1.00. The van der Waals surface area contributed by atoms with E-state index in [1.165, 1.54) is 77.0 Å². The van der Waals surface area contributed by atoms with Crippen LogP contribution in [-0.2, 0) is 4.74 Å². The first-order valence-corrected chi connectivity index (χ1v) is 11.4. The molecule has 0 aliphatic heterocycles. The Bertz CT molecular complexity index is 275. The summed E-state index contributed by atoms with van der Waals surface area (Å²) in [6.45, 7) is 18.9. The first-order valence-electron chi connectivity index (χ1n) is 11.4. The van der Waals surface area contributed by atoms with Gasteiger partial charge in [0, 0.05) is 0 Å². The summed E-state index contributed by atoms with van der Waals surface area (Å²) in [4.78, 5) is 0. The molecule has 1 nitrogen and oxygen atoms in total. The molecule has 0 aliphatic rings. The minimum absolute atomic E-state index is 0.276. The van der Waals surface area contributed by atoms with Gasteiger partial charge in [0.25, 0.3) is 0 Å². The molecule has 0 aromatic heterocycles. The van der Waals surface area contributed by atoms with Crippen molar-refractivity contribution in [3.05, 3.63) is 0 Å². The van der Waals surface area contributed by atoms with Crippen LogP contribution in [0.2, 0.25) is 0 Å². The predicted molar refractivity (Wildman–Crippen MR) is 114 cm³/mol. The lowest BCUT2D eigenvalue weighted by Crippen LogP contribution is -2.41. The molecular weight excluding hydrogens is 304 g/mol. The lowest BCUT2D eigenvalue weighted by Gasteiger charge is -2.42. The molecule has 0 aliphatic carbocycles. The van der Waals surface area contributed by atoms with Crippen LogP contribution in [0.4, 0.5) is 0 Å². The Morgan fingerprint density at radius 2 is 0.920 bits per heavy atom. The molecule has 0 fully saturated rings. The van der Waals surface area contributed by atoms with Gasteiger partial charge in [-0.3, -0.25) is 0 Å². The molecule has 0 saturated heterocycles. The maximum atomic E-state index is 6.92. The Balaban J connectivity index is 4.95. The molecule has 2 unspecified atom stereocenters. The van der Waals surface area contributed by atoms with Crippen LogP contribution < -0.4 is 0 Å². The number of unbranched alkanes of at least 4 members (excludes halogenated alkanes) is 6. The standard InChI is InChI=1S/C24H50O/c1-9-13-15-17-19-21(23(5,6)11-3)25-22(24(7,8)12-4)20-18-16-14-10-2/h21-22H,9-20H2,1-8H3. The quantitative estimate of drug-likeness (QED) is 0.252. The van der Waals surface area contributed by atoms with Gasteiger partial charge in [-0.25, -0.2) is 0 Å². The Hall–Kier alpha value is -0.0400. The van der Waals surface area contributed by atoms with E-state index in [1.54, 1.807) is 0 Å². The van der Waals surface area contributed by atoms with Crippen molar-refractivity contribution >= 4 is 0 Å². The predicted octanol–water partition coefficient (Wildman–Crippen LogP) is 8.55. The maximum absolute atomic E-state index is 6.92. The molecule has 2 atom stereocenters. The molecule has 0 aromatic rings. The summed E-state index contributed by atoms with van der Waals surface area (Å²) in [6.07, 6.45) is 16.3. The SMILES string of the molecule is CCCCCCC(OC(CCCCCC)C(C)(C)CC)C(C)(C)CC. The van der Waals surface area contributed by atoms with Crippen molar-refractivity contribution < 1.29 is 4.74 Å². The number of rotatable bonds is 16. The summed E-state index contributed by atoms with van der Waals surface area (Å²) in [5.74, 6) is 0. The third-order valence-electron chi connectivity index (χ3n) is 6.53. The van der Waals surface area contributed by atoms with Crippen molar-refractivity contribution in [3.63, 3.8) is 0 Å². The van der Waals surface area contributed by atoms with Crippen molar-refractivity contribution in [2.45, 2.75) is 145 Å². The Kier molecular flexibility index (Phi) is 13.2. The average Bonchev–Trinajstić information content (AvgIpc) is 2.59. The highest BCUT2D eigenvalue weighted by Gasteiger charge is 2.35. The molecule has 0 heterocycles. The van der Waals surface area contributed by atoms with E-state index in [-0.39, 0.29) is 10.8 Å². The molecule has 0 bridgehead atoms. The molecular formula is C24H50O. The Morgan fingerprint density at radius 3 is 1.20 bits per heavy atom. The van der Waals surface area contributed by atoms with Crippen molar-refractivity contribution in [3.8, 4) is 0 Å². The van der Waals surface area contributed by atoms with E-state index in [2.05, 4.69) is 55.4 Å². The van der Waals surface area contributed by atoms with E-state index < -0.39 is 0 Å². The number of hydrogen-bond donors (Lipinski definition) is 0. The molecule has 0 aromatic carbocycles. The van der Waals surface area contributed by atoms with Gasteiger partial charge in [-0.2, -0.15) is 0 Å². The third kappa shape index (κ3) is 10.0. The molecule has 0 rings (SSSR count). The normalized spacial score (nSPS) is 15.4. The minimum atomic E-state index is 0.276. The first kappa shape index (κ1) is 25.0. The summed E-state index contributed by atoms with van der Waals surface area (Å²) < 4.78 is 6.92. The lowest BCUT2D eigenvalue weighted by atomic mass is 9.78.